The molecule has 1 aliphatic rings. The highest BCUT2D eigenvalue weighted by molar-refractivity contribution is 5.89. The minimum absolute atomic E-state index is 0.106. The zero-order valence-corrected chi connectivity index (χ0v) is 27.9. The topological polar surface area (TPSA) is 98.1 Å². The molecule has 0 N–H and O–H groups in total. The first-order chi connectivity index (χ1) is 25.1. The second-order valence-electron chi connectivity index (χ2n) is 12.0. The second-order valence-corrected chi connectivity index (χ2v) is 12.0. The highest BCUT2D eigenvalue weighted by Gasteiger charge is 2.45. The summed E-state index contributed by atoms with van der Waals surface area (Å²) in [4.78, 5) is 25.8. The van der Waals surface area contributed by atoms with Gasteiger partial charge in [0, 0.05) is 6.42 Å². The molecule has 2 heterocycles. The van der Waals surface area contributed by atoms with Crippen molar-refractivity contribution >= 4 is 11.9 Å². The molecule has 13 heteroatoms. The highest BCUT2D eigenvalue weighted by atomic mass is 19.4. The van der Waals surface area contributed by atoms with Crippen LogP contribution in [0.1, 0.15) is 49.5 Å². The number of rotatable bonds is 12. The molecular formula is C39H34F4N2O7. The van der Waals surface area contributed by atoms with Gasteiger partial charge < -0.3 is 23.7 Å². The summed E-state index contributed by atoms with van der Waals surface area (Å²) in [6.45, 7) is -0.714. The molecule has 6 rings (SSSR count). The maximum absolute atomic E-state index is 16.1. The summed E-state index contributed by atoms with van der Waals surface area (Å²) in [5.74, 6) is -1.34. The van der Waals surface area contributed by atoms with Crippen molar-refractivity contribution in [1.29, 1.82) is 0 Å². The summed E-state index contributed by atoms with van der Waals surface area (Å²) < 4.78 is 89.4. The molecule has 0 aliphatic carbocycles. The Morgan fingerprint density at radius 2 is 1.42 bits per heavy atom. The molecule has 1 unspecified atom stereocenters. The van der Waals surface area contributed by atoms with Crippen LogP contribution in [0.2, 0.25) is 0 Å². The van der Waals surface area contributed by atoms with E-state index in [1.165, 1.54) is 31.4 Å². The van der Waals surface area contributed by atoms with Crippen molar-refractivity contribution in [1.82, 2.24) is 9.78 Å². The van der Waals surface area contributed by atoms with E-state index in [-0.39, 0.29) is 35.5 Å². The molecule has 5 aromatic rings. The van der Waals surface area contributed by atoms with Crippen LogP contribution in [0.15, 0.2) is 115 Å². The van der Waals surface area contributed by atoms with E-state index in [4.69, 9.17) is 23.7 Å². The molecule has 0 spiro atoms. The Bertz CT molecular complexity index is 1940. The molecule has 52 heavy (non-hydrogen) atoms. The summed E-state index contributed by atoms with van der Waals surface area (Å²) in [6, 6.07) is 31.1. The number of aromatic nitrogens is 2. The Morgan fingerprint density at radius 3 is 2.02 bits per heavy atom. The van der Waals surface area contributed by atoms with Crippen LogP contribution >= 0.6 is 0 Å². The average molecular weight is 719 g/mol. The molecule has 0 bridgehead atoms. The number of benzene rings is 4. The summed E-state index contributed by atoms with van der Waals surface area (Å²) in [7, 11) is 1.47. The number of nitrogens with zero attached hydrogens (tertiary/aromatic N) is 2. The summed E-state index contributed by atoms with van der Waals surface area (Å²) >= 11 is 0. The van der Waals surface area contributed by atoms with Crippen molar-refractivity contribution in [3.05, 3.63) is 149 Å². The molecule has 9 nitrogen and oxygen atoms in total. The molecule has 0 amide bonds. The Labute approximate surface area is 296 Å². The molecule has 0 saturated carbocycles. The number of hydrogen-bond acceptors (Lipinski definition) is 8. The number of alkyl halides is 4. The standard InChI is InChI=1S/C39H34F4N2O7/c1-48-29-19-17-25(18-20-29)21-30-35(39(41,42)43)44-45(23-26-11-5-2-6-12-26)36(30)52-33-22-31(51-38(47)28-15-9-4-10-16-28)34(40)32(50-33)24-49-37(46)27-13-7-3-8-14-27/h2-20,31-34H,21-24H2,1H3/t31?,32-,33+,34+/m1/s1. The van der Waals surface area contributed by atoms with Crippen molar-refractivity contribution in [2.45, 2.75) is 50.2 Å². The molecule has 1 aromatic heterocycles. The van der Waals surface area contributed by atoms with Crippen LogP contribution in [-0.2, 0) is 33.4 Å². The Morgan fingerprint density at radius 1 is 0.827 bits per heavy atom. The first kappa shape index (κ1) is 36.1. The summed E-state index contributed by atoms with van der Waals surface area (Å²) in [6.07, 6.45) is -12.0. The van der Waals surface area contributed by atoms with Crippen LogP contribution in [0.25, 0.3) is 0 Å². The molecule has 270 valence electrons. The van der Waals surface area contributed by atoms with Crippen molar-refractivity contribution < 1.29 is 50.8 Å². The normalized spacial score (nSPS) is 18.7. The van der Waals surface area contributed by atoms with Crippen LogP contribution in [-0.4, -0.2) is 60.1 Å². The lowest BCUT2D eigenvalue weighted by Crippen LogP contribution is -2.51. The molecule has 1 fully saturated rings. The van der Waals surface area contributed by atoms with Crippen LogP contribution < -0.4 is 9.47 Å². The number of esters is 2. The summed E-state index contributed by atoms with van der Waals surface area (Å²) in [5.41, 5.74) is 0.0419. The fourth-order valence-corrected chi connectivity index (χ4v) is 5.74. The van der Waals surface area contributed by atoms with Crippen LogP contribution in [0, 0.1) is 0 Å². The predicted octanol–water partition coefficient (Wildman–Crippen LogP) is 7.46. The van der Waals surface area contributed by atoms with E-state index < -0.39 is 61.5 Å². The Hall–Kier alpha value is -5.69. The van der Waals surface area contributed by atoms with Gasteiger partial charge in [0.25, 0.3) is 0 Å². The van der Waals surface area contributed by atoms with E-state index in [9.17, 15) is 22.8 Å². The maximum Gasteiger partial charge on any atom is 0.435 e. The van der Waals surface area contributed by atoms with E-state index in [0.29, 0.717) is 16.9 Å². The van der Waals surface area contributed by atoms with Gasteiger partial charge in [-0.15, -0.1) is 0 Å². The molecule has 4 aromatic carbocycles. The van der Waals surface area contributed by atoms with Crippen molar-refractivity contribution in [3.8, 4) is 11.6 Å². The van der Waals surface area contributed by atoms with Gasteiger partial charge in [0.05, 0.1) is 36.8 Å². The van der Waals surface area contributed by atoms with Crippen LogP contribution in [0.3, 0.4) is 0 Å². The smallest absolute Gasteiger partial charge is 0.435 e. The van der Waals surface area contributed by atoms with Crippen LogP contribution in [0.5, 0.6) is 11.6 Å². The van der Waals surface area contributed by atoms with Gasteiger partial charge in [-0.2, -0.15) is 18.3 Å². The number of ether oxygens (including phenoxy) is 5. The van der Waals surface area contributed by atoms with Crippen LogP contribution in [0.4, 0.5) is 17.6 Å². The predicted molar refractivity (Wildman–Crippen MR) is 180 cm³/mol. The maximum atomic E-state index is 16.1. The van der Waals surface area contributed by atoms with E-state index >= 15 is 4.39 Å². The number of methoxy groups -OCH3 is 1. The first-order valence-electron chi connectivity index (χ1n) is 16.4. The molecule has 1 aliphatic heterocycles. The fraction of sp³-hybridized carbons (Fsp3) is 0.256. The SMILES string of the molecule is COc1ccc(Cc2c(C(F)(F)F)nn(Cc3ccccc3)c2O[C@H]2CC(OC(=O)c3ccccc3)[C@H](F)[C@@H](COC(=O)c3ccccc3)O2)cc1. The number of carbonyl (C=O) groups excluding carboxylic acids is 2. The second kappa shape index (κ2) is 16.1. The zero-order chi connectivity index (χ0) is 36.7. The van der Waals surface area contributed by atoms with E-state index in [0.717, 1.165) is 4.68 Å². The highest BCUT2D eigenvalue weighted by Crippen LogP contribution is 2.39. The largest absolute Gasteiger partial charge is 0.497 e. The molecule has 0 radical (unpaired) electrons. The van der Waals surface area contributed by atoms with E-state index in [2.05, 4.69) is 5.10 Å². The summed E-state index contributed by atoms with van der Waals surface area (Å²) in [5, 5.41) is 3.96. The molecular weight excluding hydrogens is 684 g/mol. The van der Waals surface area contributed by atoms with E-state index in [1.807, 2.05) is 0 Å². The lowest BCUT2D eigenvalue weighted by Gasteiger charge is -2.37. The van der Waals surface area contributed by atoms with Gasteiger partial charge in [-0.25, -0.2) is 18.7 Å². The zero-order valence-electron chi connectivity index (χ0n) is 27.9. The van der Waals surface area contributed by atoms with Gasteiger partial charge in [0.15, 0.2) is 11.9 Å². The van der Waals surface area contributed by atoms with Crippen molar-refractivity contribution in [2.75, 3.05) is 13.7 Å². The Balaban J connectivity index is 1.35. The quantitative estimate of drug-likeness (QED) is 0.0969. The van der Waals surface area contributed by atoms with Gasteiger partial charge in [-0.1, -0.05) is 78.9 Å². The molecule has 1 saturated heterocycles. The third-order valence-corrected chi connectivity index (χ3v) is 8.34. The number of hydrogen-bond donors (Lipinski definition) is 0. The lowest BCUT2D eigenvalue weighted by atomic mass is 10.0. The van der Waals surface area contributed by atoms with Gasteiger partial charge in [0.1, 0.15) is 24.6 Å². The van der Waals surface area contributed by atoms with Crippen molar-refractivity contribution in [2.24, 2.45) is 0 Å². The first-order valence-corrected chi connectivity index (χ1v) is 16.4. The lowest BCUT2D eigenvalue weighted by molar-refractivity contribution is -0.216. The Kier molecular flexibility index (Phi) is 11.2. The number of carbonyl (C=O) groups is 2. The number of halogens is 4. The third kappa shape index (κ3) is 8.78. The van der Waals surface area contributed by atoms with Crippen molar-refractivity contribution in [3.63, 3.8) is 0 Å². The van der Waals surface area contributed by atoms with Gasteiger partial charge in [0.2, 0.25) is 12.2 Å². The van der Waals surface area contributed by atoms with Gasteiger partial charge >= 0.3 is 18.1 Å². The minimum atomic E-state index is -4.87. The van der Waals surface area contributed by atoms with Gasteiger partial charge in [-0.05, 0) is 47.5 Å². The monoisotopic (exact) mass is 718 g/mol. The van der Waals surface area contributed by atoms with E-state index in [1.54, 1.807) is 91.0 Å². The third-order valence-electron chi connectivity index (χ3n) is 8.34. The average Bonchev–Trinajstić information content (AvgIpc) is 3.49. The molecule has 4 atom stereocenters. The van der Waals surface area contributed by atoms with Gasteiger partial charge in [-0.3, -0.25) is 0 Å². The minimum Gasteiger partial charge on any atom is -0.497 e. The fourth-order valence-electron chi connectivity index (χ4n) is 5.74.